The minimum absolute atomic E-state index is 0.685. The SMILES string of the molecule is COc1ccc(NC=S)cc1OC. The Hall–Kier alpha value is -1.29. The molecule has 0 radical (unpaired) electrons. The van der Waals surface area contributed by atoms with Gasteiger partial charge in [0.25, 0.3) is 0 Å². The first-order valence-electron chi connectivity index (χ1n) is 3.74. The first kappa shape index (κ1) is 9.80. The van der Waals surface area contributed by atoms with E-state index in [1.165, 1.54) is 5.49 Å². The van der Waals surface area contributed by atoms with E-state index in [0.29, 0.717) is 11.5 Å². The van der Waals surface area contributed by atoms with Crippen LogP contribution < -0.4 is 14.8 Å². The standard InChI is InChI=1S/C9H11NO2S/c1-11-8-4-3-7(10-6-13)5-9(8)12-2/h3-6H,1-2H3,(H,10,13). The zero-order valence-corrected chi connectivity index (χ0v) is 8.35. The Labute approximate surface area is 82.7 Å². The average Bonchev–Trinajstić information content (AvgIpc) is 2.18. The highest BCUT2D eigenvalue weighted by atomic mass is 32.1. The highest BCUT2D eigenvalue weighted by Gasteiger charge is 2.02. The smallest absolute Gasteiger partial charge is 0.162 e. The van der Waals surface area contributed by atoms with Crippen molar-refractivity contribution in [3.63, 3.8) is 0 Å². The molecule has 0 saturated carbocycles. The van der Waals surface area contributed by atoms with Crippen LogP contribution in [0.25, 0.3) is 0 Å². The number of rotatable bonds is 4. The lowest BCUT2D eigenvalue weighted by Crippen LogP contribution is -1.95. The molecule has 70 valence electrons. The Balaban J connectivity index is 2.98. The van der Waals surface area contributed by atoms with Crippen LogP contribution >= 0.6 is 12.2 Å². The quantitative estimate of drug-likeness (QED) is 0.748. The monoisotopic (exact) mass is 197 g/mol. The number of thiocarbonyl (C=S) groups is 1. The van der Waals surface area contributed by atoms with Crippen LogP contribution in [0.3, 0.4) is 0 Å². The Morgan fingerprint density at radius 1 is 1.23 bits per heavy atom. The zero-order chi connectivity index (χ0) is 9.68. The normalized spacial score (nSPS) is 9.08. The van der Waals surface area contributed by atoms with Gasteiger partial charge >= 0.3 is 0 Å². The molecule has 1 N–H and O–H groups in total. The number of methoxy groups -OCH3 is 2. The molecule has 0 heterocycles. The van der Waals surface area contributed by atoms with Crippen LogP contribution in [0, 0.1) is 0 Å². The summed E-state index contributed by atoms with van der Waals surface area (Å²) in [6.07, 6.45) is 0. The molecule has 0 bridgehead atoms. The van der Waals surface area contributed by atoms with Crippen LogP contribution in [0.1, 0.15) is 0 Å². The van der Waals surface area contributed by atoms with Gasteiger partial charge in [-0.3, -0.25) is 0 Å². The summed E-state index contributed by atoms with van der Waals surface area (Å²) in [6, 6.07) is 5.51. The van der Waals surface area contributed by atoms with Gasteiger partial charge in [0.2, 0.25) is 0 Å². The Bertz CT molecular complexity index is 302. The van der Waals surface area contributed by atoms with Gasteiger partial charge < -0.3 is 14.8 Å². The Morgan fingerprint density at radius 2 is 1.92 bits per heavy atom. The summed E-state index contributed by atoms with van der Waals surface area (Å²) in [5.41, 5.74) is 2.33. The number of hydrogen-bond acceptors (Lipinski definition) is 3. The predicted octanol–water partition coefficient (Wildman–Crippen LogP) is 2.07. The third-order valence-electron chi connectivity index (χ3n) is 1.61. The van der Waals surface area contributed by atoms with Crippen molar-refractivity contribution in [2.24, 2.45) is 0 Å². The van der Waals surface area contributed by atoms with Gasteiger partial charge in [0.15, 0.2) is 11.5 Å². The molecule has 0 saturated heterocycles. The lowest BCUT2D eigenvalue weighted by molar-refractivity contribution is 0.355. The summed E-state index contributed by atoms with van der Waals surface area (Å²) in [5, 5.41) is 2.89. The lowest BCUT2D eigenvalue weighted by Gasteiger charge is -2.08. The van der Waals surface area contributed by atoms with Crippen LogP contribution in [0.15, 0.2) is 18.2 Å². The highest BCUT2D eigenvalue weighted by molar-refractivity contribution is 7.79. The van der Waals surface area contributed by atoms with Crippen LogP contribution in [-0.4, -0.2) is 19.7 Å². The molecule has 0 fully saturated rings. The predicted molar refractivity (Wildman–Crippen MR) is 56.8 cm³/mol. The maximum Gasteiger partial charge on any atom is 0.162 e. The van der Waals surface area contributed by atoms with E-state index in [0.717, 1.165) is 5.69 Å². The van der Waals surface area contributed by atoms with Crippen LogP contribution in [0.4, 0.5) is 5.69 Å². The Morgan fingerprint density at radius 3 is 2.46 bits per heavy atom. The molecule has 0 spiro atoms. The Kier molecular flexibility index (Phi) is 3.52. The number of nitrogens with one attached hydrogen (secondary N) is 1. The van der Waals surface area contributed by atoms with Crippen molar-refractivity contribution < 1.29 is 9.47 Å². The van der Waals surface area contributed by atoms with Gasteiger partial charge in [-0.25, -0.2) is 0 Å². The second kappa shape index (κ2) is 4.67. The summed E-state index contributed by atoms with van der Waals surface area (Å²) in [6.45, 7) is 0. The van der Waals surface area contributed by atoms with Crippen molar-refractivity contribution in [2.75, 3.05) is 19.5 Å². The van der Waals surface area contributed by atoms with Gasteiger partial charge in [-0.2, -0.15) is 0 Å². The molecule has 4 heteroatoms. The molecule has 0 aliphatic carbocycles. The number of anilines is 1. The molecule has 0 unspecified atom stereocenters. The van der Waals surface area contributed by atoms with E-state index in [9.17, 15) is 0 Å². The number of hydrogen-bond donors (Lipinski definition) is 1. The fourth-order valence-electron chi connectivity index (χ4n) is 0.994. The van der Waals surface area contributed by atoms with Gasteiger partial charge in [-0.1, -0.05) is 12.2 Å². The number of benzene rings is 1. The maximum absolute atomic E-state index is 5.11. The van der Waals surface area contributed by atoms with E-state index in [1.54, 1.807) is 14.2 Å². The highest BCUT2D eigenvalue weighted by Crippen LogP contribution is 2.29. The van der Waals surface area contributed by atoms with Crippen LogP contribution in [0.5, 0.6) is 11.5 Å². The third kappa shape index (κ3) is 2.32. The van der Waals surface area contributed by atoms with Crippen molar-refractivity contribution in [3.8, 4) is 11.5 Å². The summed E-state index contributed by atoms with van der Waals surface area (Å²) >= 11 is 4.67. The maximum atomic E-state index is 5.11. The van der Waals surface area contributed by atoms with Gasteiger partial charge in [-0.15, -0.1) is 0 Å². The van der Waals surface area contributed by atoms with Gasteiger partial charge in [0.05, 0.1) is 19.7 Å². The minimum Gasteiger partial charge on any atom is -0.493 e. The minimum atomic E-state index is 0.685. The van der Waals surface area contributed by atoms with E-state index >= 15 is 0 Å². The average molecular weight is 197 g/mol. The molecular formula is C9H11NO2S. The van der Waals surface area contributed by atoms with E-state index in [-0.39, 0.29) is 0 Å². The van der Waals surface area contributed by atoms with Crippen LogP contribution in [-0.2, 0) is 0 Å². The fourth-order valence-corrected chi connectivity index (χ4v) is 1.13. The van der Waals surface area contributed by atoms with E-state index in [2.05, 4.69) is 17.5 Å². The molecule has 3 nitrogen and oxygen atoms in total. The molecular weight excluding hydrogens is 186 g/mol. The third-order valence-corrected chi connectivity index (χ3v) is 1.73. The van der Waals surface area contributed by atoms with Crippen molar-refractivity contribution >= 4 is 23.4 Å². The topological polar surface area (TPSA) is 30.5 Å². The molecule has 0 aliphatic heterocycles. The molecule has 1 rings (SSSR count). The molecule has 0 aromatic heterocycles. The van der Waals surface area contributed by atoms with Crippen LogP contribution in [0.2, 0.25) is 0 Å². The zero-order valence-electron chi connectivity index (χ0n) is 7.53. The van der Waals surface area contributed by atoms with E-state index in [4.69, 9.17) is 9.47 Å². The largest absolute Gasteiger partial charge is 0.493 e. The van der Waals surface area contributed by atoms with E-state index < -0.39 is 0 Å². The van der Waals surface area contributed by atoms with Gasteiger partial charge in [0.1, 0.15) is 0 Å². The van der Waals surface area contributed by atoms with Crippen molar-refractivity contribution in [1.82, 2.24) is 0 Å². The lowest BCUT2D eigenvalue weighted by atomic mass is 10.3. The molecule has 1 aromatic rings. The fraction of sp³-hybridized carbons (Fsp3) is 0.222. The summed E-state index contributed by atoms with van der Waals surface area (Å²) in [5.74, 6) is 1.39. The molecule has 0 aliphatic rings. The van der Waals surface area contributed by atoms with E-state index in [1.807, 2.05) is 18.2 Å². The second-order valence-electron chi connectivity index (χ2n) is 2.33. The molecule has 13 heavy (non-hydrogen) atoms. The van der Waals surface area contributed by atoms with Crippen molar-refractivity contribution in [2.45, 2.75) is 0 Å². The second-order valence-corrected chi connectivity index (χ2v) is 2.57. The number of ether oxygens (including phenoxy) is 2. The van der Waals surface area contributed by atoms with Crippen molar-refractivity contribution in [1.29, 1.82) is 0 Å². The molecule has 0 atom stereocenters. The summed E-state index contributed by atoms with van der Waals surface area (Å²) in [4.78, 5) is 0. The van der Waals surface area contributed by atoms with Gasteiger partial charge in [-0.05, 0) is 12.1 Å². The van der Waals surface area contributed by atoms with Crippen molar-refractivity contribution in [3.05, 3.63) is 18.2 Å². The molecule has 1 aromatic carbocycles. The van der Waals surface area contributed by atoms with Gasteiger partial charge in [0, 0.05) is 11.8 Å². The summed E-state index contributed by atoms with van der Waals surface area (Å²) in [7, 11) is 3.20. The first-order chi connectivity index (χ1) is 6.31. The first-order valence-corrected chi connectivity index (χ1v) is 4.21. The molecule has 0 amide bonds. The summed E-state index contributed by atoms with van der Waals surface area (Å²) < 4.78 is 10.2.